The molecule has 2 aromatic heterocycles. The Morgan fingerprint density at radius 3 is 2.49 bits per heavy atom. The van der Waals surface area contributed by atoms with Crippen molar-refractivity contribution < 1.29 is 9.21 Å². The van der Waals surface area contributed by atoms with Crippen LogP contribution in [0.4, 0.5) is 5.69 Å². The van der Waals surface area contributed by atoms with Gasteiger partial charge in [0.1, 0.15) is 11.5 Å². The Balaban J connectivity index is 1.41. The van der Waals surface area contributed by atoms with Crippen molar-refractivity contribution in [3.05, 3.63) is 131 Å². The molecule has 3 heterocycles. The molecule has 168 valence electrons. The van der Waals surface area contributed by atoms with Gasteiger partial charge >= 0.3 is 0 Å². The third kappa shape index (κ3) is 4.11. The standard InChI is InChI=1S/C30H19BrN2O2/c31-24-10-8-21(9-11-24)29-15-13-26(35-29)18-23-19-28(20-5-2-1-3-6-20)33(30(23)34)25-12-14-27-22(17-25)7-4-16-32-27/h1-19H. The van der Waals surface area contributed by atoms with Crippen LogP contribution in [-0.4, -0.2) is 10.9 Å². The number of rotatable bonds is 4. The molecular formula is C30H19BrN2O2. The number of fused-ring (bicyclic) bond motifs is 1. The van der Waals surface area contributed by atoms with E-state index in [0.29, 0.717) is 11.3 Å². The van der Waals surface area contributed by atoms with Crippen molar-refractivity contribution in [1.82, 2.24) is 4.98 Å². The summed E-state index contributed by atoms with van der Waals surface area (Å²) in [5, 5.41) is 0.979. The molecule has 0 fully saturated rings. The van der Waals surface area contributed by atoms with Gasteiger partial charge in [0.25, 0.3) is 5.91 Å². The van der Waals surface area contributed by atoms with E-state index in [9.17, 15) is 4.79 Å². The number of aromatic nitrogens is 1. The predicted octanol–water partition coefficient (Wildman–Crippen LogP) is 7.73. The maximum absolute atomic E-state index is 13.7. The van der Waals surface area contributed by atoms with Gasteiger partial charge < -0.3 is 4.42 Å². The monoisotopic (exact) mass is 518 g/mol. The van der Waals surface area contributed by atoms with Crippen LogP contribution in [0.15, 0.2) is 124 Å². The Hall–Kier alpha value is -4.22. The number of halogens is 1. The maximum Gasteiger partial charge on any atom is 0.263 e. The first-order valence-electron chi connectivity index (χ1n) is 11.2. The Morgan fingerprint density at radius 2 is 1.66 bits per heavy atom. The highest BCUT2D eigenvalue weighted by atomic mass is 79.9. The van der Waals surface area contributed by atoms with Crippen molar-refractivity contribution in [3.8, 4) is 11.3 Å². The number of pyridine rings is 1. The molecule has 0 atom stereocenters. The number of nitrogens with zero attached hydrogens (tertiary/aromatic N) is 2. The van der Waals surface area contributed by atoms with Crippen LogP contribution >= 0.6 is 15.9 Å². The van der Waals surface area contributed by atoms with Crippen LogP contribution in [0.2, 0.25) is 0 Å². The van der Waals surface area contributed by atoms with E-state index in [1.165, 1.54) is 0 Å². The van der Waals surface area contributed by atoms with Crippen LogP contribution in [0.25, 0.3) is 34.0 Å². The van der Waals surface area contributed by atoms with Gasteiger partial charge in [-0.1, -0.05) is 64.5 Å². The van der Waals surface area contributed by atoms with Crippen molar-refractivity contribution in [3.63, 3.8) is 0 Å². The number of amides is 1. The van der Waals surface area contributed by atoms with Gasteiger partial charge in [0.2, 0.25) is 0 Å². The molecule has 0 bridgehead atoms. The number of carbonyl (C=O) groups is 1. The van der Waals surface area contributed by atoms with Crippen molar-refractivity contribution >= 4 is 50.2 Å². The molecule has 0 spiro atoms. The molecule has 1 aliphatic rings. The van der Waals surface area contributed by atoms with Gasteiger partial charge in [-0.25, -0.2) is 0 Å². The number of anilines is 1. The quantitative estimate of drug-likeness (QED) is 0.228. The van der Waals surface area contributed by atoms with Gasteiger partial charge in [0.05, 0.1) is 11.2 Å². The summed E-state index contributed by atoms with van der Waals surface area (Å²) in [6.45, 7) is 0. The predicted molar refractivity (Wildman–Crippen MR) is 143 cm³/mol. The highest BCUT2D eigenvalue weighted by Crippen LogP contribution is 2.36. The van der Waals surface area contributed by atoms with Crippen LogP contribution in [0.5, 0.6) is 0 Å². The molecule has 1 aliphatic heterocycles. The molecule has 6 rings (SSSR count). The second-order valence-electron chi connectivity index (χ2n) is 8.23. The molecule has 0 aliphatic carbocycles. The number of hydrogen-bond acceptors (Lipinski definition) is 3. The SMILES string of the molecule is O=C1C(=Cc2ccc(-c3ccc(Br)cc3)o2)C=C(c2ccccc2)N1c1ccc2ncccc2c1. The summed E-state index contributed by atoms with van der Waals surface area (Å²) in [7, 11) is 0. The molecule has 0 radical (unpaired) electrons. The van der Waals surface area contributed by atoms with E-state index in [-0.39, 0.29) is 5.91 Å². The van der Waals surface area contributed by atoms with E-state index in [0.717, 1.165) is 43.6 Å². The Morgan fingerprint density at radius 1 is 0.829 bits per heavy atom. The maximum atomic E-state index is 13.7. The van der Waals surface area contributed by atoms with Gasteiger partial charge in [0, 0.05) is 32.9 Å². The van der Waals surface area contributed by atoms with Crippen LogP contribution in [0.3, 0.4) is 0 Å². The minimum Gasteiger partial charge on any atom is -0.457 e. The smallest absolute Gasteiger partial charge is 0.263 e. The van der Waals surface area contributed by atoms with Crippen LogP contribution < -0.4 is 4.90 Å². The van der Waals surface area contributed by atoms with Gasteiger partial charge in [-0.2, -0.15) is 0 Å². The van der Waals surface area contributed by atoms with Gasteiger partial charge in [-0.05, 0) is 66.2 Å². The van der Waals surface area contributed by atoms with E-state index < -0.39 is 0 Å². The van der Waals surface area contributed by atoms with Crippen LogP contribution in [-0.2, 0) is 4.79 Å². The summed E-state index contributed by atoms with van der Waals surface area (Å²) in [5.74, 6) is 1.27. The topological polar surface area (TPSA) is 46.3 Å². The van der Waals surface area contributed by atoms with Gasteiger partial charge in [0.15, 0.2) is 0 Å². The molecule has 0 unspecified atom stereocenters. The fourth-order valence-electron chi connectivity index (χ4n) is 4.25. The molecular weight excluding hydrogens is 500 g/mol. The van der Waals surface area contributed by atoms with E-state index in [2.05, 4.69) is 20.9 Å². The van der Waals surface area contributed by atoms with Crippen molar-refractivity contribution in [1.29, 1.82) is 0 Å². The summed E-state index contributed by atoms with van der Waals surface area (Å²) < 4.78 is 7.07. The van der Waals surface area contributed by atoms with E-state index in [1.807, 2.05) is 103 Å². The highest BCUT2D eigenvalue weighted by Gasteiger charge is 2.30. The zero-order valence-corrected chi connectivity index (χ0v) is 20.1. The first-order chi connectivity index (χ1) is 17.2. The average Bonchev–Trinajstić information content (AvgIpc) is 3.49. The van der Waals surface area contributed by atoms with Crippen LogP contribution in [0.1, 0.15) is 11.3 Å². The second-order valence-corrected chi connectivity index (χ2v) is 9.14. The lowest BCUT2D eigenvalue weighted by Crippen LogP contribution is -2.24. The van der Waals surface area contributed by atoms with Crippen molar-refractivity contribution in [2.24, 2.45) is 0 Å². The minimum atomic E-state index is -0.103. The molecule has 3 aromatic carbocycles. The van der Waals surface area contributed by atoms with E-state index in [4.69, 9.17) is 4.42 Å². The summed E-state index contributed by atoms with van der Waals surface area (Å²) in [4.78, 5) is 19.8. The first-order valence-corrected chi connectivity index (χ1v) is 12.0. The molecule has 0 saturated carbocycles. The number of carbonyl (C=O) groups excluding carboxylic acids is 1. The first kappa shape index (κ1) is 21.3. The Kier molecular flexibility index (Phi) is 5.39. The molecule has 4 nitrogen and oxygen atoms in total. The number of hydrogen-bond donors (Lipinski definition) is 0. The van der Waals surface area contributed by atoms with Gasteiger partial charge in [-0.15, -0.1) is 0 Å². The third-order valence-electron chi connectivity index (χ3n) is 5.95. The average molecular weight is 519 g/mol. The Labute approximate surface area is 211 Å². The molecule has 5 heteroatoms. The van der Waals surface area contributed by atoms with Crippen molar-refractivity contribution in [2.75, 3.05) is 4.90 Å². The minimum absolute atomic E-state index is 0.103. The summed E-state index contributed by atoms with van der Waals surface area (Å²) in [5.41, 5.74) is 5.01. The molecule has 5 aromatic rings. The number of furan rings is 1. The molecule has 0 N–H and O–H groups in total. The second kappa shape index (κ2) is 8.85. The zero-order chi connectivity index (χ0) is 23.8. The summed E-state index contributed by atoms with van der Waals surface area (Å²) >= 11 is 3.46. The fraction of sp³-hybridized carbons (Fsp3) is 0. The summed E-state index contributed by atoms with van der Waals surface area (Å²) in [6.07, 6.45) is 5.49. The van der Waals surface area contributed by atoms with Gasteiger partial charge in [-0.3, -0.25) is 14.7 Å². The fourth-order valence-corrected chi connectivity index (χ4v) is 4.51. The molecule has 1 amide bonds. The largest absolute Gasteiger partial charge is 0.457 e. The lowest BCUT2D eigenvalue weighted by molar-refractivity contribution is -0.113. The zero-order valence-electron chi connectivity index (χ0n) is 18.6. The number of benzene rings is 3. The highest BCUT2D eigenvalue weighted by molar-refractivity contribution is 9.10. The third-order valence-corrected chi connectivity index (χ3v) is 6.48. The summed E-state index contributed by atoms with van der Waals surface area (Å²) in [6, 6.07) is 31.5. The lowest BCUT2D eigenvalue weighted by atomic mass is 10.1. The normalized spacial score (nSPS) is 14.7. The van der Waals surface area contributed by atoms with E-state index >= 15 is 0 Å². The van der Waals surface area contributed by atoms with Crippen LogP contribution in [0, 0.1) is 0 Å². The Bertz CT molecular complexity index is 1620. The lowest BCUT2D eigenvalue weighted by Gasteiger charge is -2.21. The van der Waals surface area contributed by atoms with Crippen molar-refractivity contribution in [2.45, 2.75) is 0 Å². The molecule has 35 heavy (non-hydrogen) atoms. The molecule has 0 saturated heterocycles. The van der Waals surface area contributed by atoms with E-state index in [1.54, 1.807) is 17.2 Å².